The van der Waals surface area contributed by atoms with Crippen molar-refractivity contribution in [2.75, 3.05) is 19.6 Å². The van der Waals surface area contributed by atoms with Gasteiger partial charge in [0.15, 0.2) is 11.5 Å². The summed E-state index contributed by atoms with van der Waals surface area (Å²) >= 11 is 0. The fourth-order valence-corrected chi connectivity index (χ4v) is 10.8. The number of Topliss-reactive ketones (excluding diaryl/α,β-unsaturated/α-hetero) is 1. The molecule has 2 bridgehead atoms. The molecule has 7 rings (SSSR count). The van der Waals surface area contributed by atoms with Gasteiger partial charge in [-0.2, -0.15) is 0 Å². The molecule has 7 nitrogen and oxygen atoms in total. The Morgan fingerprint density at radius 3 is 2.07 bits per heavy atom. The van der Waals surface area contributed by atoms with Crippen molar-refractivity contribution in [3.05, 3.63) is 95.1 Å². The van der Waals surface area contributed by atoms with Crippen molar-refractivity contribution in [3.8, 4) is 11.5 Å². The first-order valence-electron chi connectivity index (χ1n) is 21.5. The molecule has 0 unspecified atom stereocenters. The van der Waals surface area contributed by atoms with Crippen LogP contribution < -0.4 is 9.47 Å². The van der Waals surface area contributed by atoms with E-state index in [9.17, 15) is 14.4 Å². The fraction of sp³-hybridized carbons (Fsp3) is 0.562. The Labute approximate surface area is 329 Å². The highest BCUT2D eigenvalue weighted by Gasteiger charge is 2.66. The molecule has 1 saturated heterocycles. The van der Waals surface area contributed by atoms with Crippen LogP contribution in [0.3, 0.4) is 0 Å². The lowest BCUT2D eigenvalue weighted by Gasteiger charge is -2.60. The molecule has 1 spiro atoms. The molecule has 2 aliphatic carbocycles. The molecule has 2 heterocycles. The van der Waals surface area contributed by atoms with E-state index in [0.717, 1.165) is 70.9 Å². The highest BCUT2D eigenvalue weighted by atomic mass is 16.6. The number of hydrogen-bond acceptors (Lipinski definition) is 6. The first kappa shape index (κ1) is 39.3. The number of esters is 1. The summed E-state index contributed by atoms with van der Waals surface area (Å²) < 4.78 is 12.9. The number of rotatable bonds is 20. The van der Waals surface area contributed by atoms with Gasteiger partial charge in [-0.05, 0) is 106 Å². The summed E-state index contributed by atoms with van der Waals surface area (Å²) in [6.45, 7) is 5.15. The number of nitrogens with zero attached hydrogens (tertiary/aromatic N) is 2. The van der Waals surface area contributed by atoms with Gasteiger partial charge in [0.1, 0.15) is 11.9 Å². The average molecular weight is 747 g/mol. The average Bonchev–Trinajstić information content (AvgIpc) is 3.53. The lowest BCUT2D eigenvalue weighted by atomic mass is 9.51. The van der Waals surface area contributed by atoms with Gasteiger partial charge < -0.3 is 14.4 Å². The molecular weight excluding hydrogens is 685 g/mol. The summed E-state index contributed by atoms with van der Waals surface area (Å²) in [5.41, 5.74) is 4.94. The van der Waals surface area contributed by atoms with Crippen LogP contribution >= 0.6 is 0 Å². The van der Waals surface area contributed by atoms with E-state index >= 15 is 0 Å². The molecule has 2 fully saturated rings. The molecule has 1 saturated carbocycles. The standard InChI is InChI=1S/C48H62N2O5/c1-35(51)34-49-32-30-48-40-27-28-41(47(48)55-46-43(54-36(2)52)29-26-39(45(46)48)33-42(40)49)50(31-18-17-24-38-22-14-10-15-23-38)44(53)25-16-8-6-4-3-5-7-11-19-37-20-12-9-13-21-37/h9-10,12-15,20-23,26,29,40-42,47H,3-8,11,16-19,24-25,27-28,30-34H2,1-2H3/t40-,41-,42+,47-,48-/m0/s1. The third kappa shape index (κ3) is 8.88. The van der Waals surface area contributed by atoms with Crippen molar-refractivity contribution in [3.63, 3.8) is 0 Å². The van der Waals surface area contributed by atoms with Gasteiger partial charge in [-0.1, -0.05) is 105 Å². The molecule has 7 heteroatoms. The van der Waals surface area contributed by atoms with Gasteiger partial charge in [-0.15, -0.1) is 0 Å². The van der Waals surface area contributed by atoms with E-state index in [4.69, 9.17) is 9.47 Å². The third-order valence-electron chi connectivity index (χ3n) is 13.2. The number of likely N-dealkylation sites (tertiary alicyclic amines) is 1. The van der Waals surface area contributed by atoms with E-state index in [1.54, 1.807) is 6.92 Å². The molecule has 3 aromatic rings. The molecule has 3 aromatic carbocycles. The maximum atomic E-state index is 14.5. The molecule has 0 radical (unpaired) electrons. The SMILES string of the molecule is CC(=O)CN1CC[C@]23c4c5ccc(OC(C)=O)c4O[C@H]2[C@@H](N(CCCCc2ccccc2)C(=O)CCCCCCCCCCc2ccccc2)CC[C@H]3[C@H]1C5. The van der Waals surface area contributed by atoms with Crippen molar-refractivity contribution >= 4 is 17.7 Å². The largest absolute Gasteiger partial charge is 0.483 e. The molecule has 5 atom stereocenters. The van der Waals surface area contributed by atoms with Crippen LogP contribution in [0.5, 0.6) is 11.5 Å². The van der Waals surface area contributed by atoms with Crippen molar-refractivity contribution in [1.29, 1.82) is 0 Å². The summed E-state index contributed by atoms with van der Waals surface area (Å²) in [5, 5.41) is 0. The maximum Gasteiger partial charge on any atom is 0.308 e. The number of carbonyl (C=O) groups excluding carboxylic acids is 3. The van der Waals surface area contributed by atoms with E-state index in [-0.39, 0.29) is 41.3 Å². The van der Waals surface area contributed by atoms with Crippen LogP contribution in [0.1, 0.15) is 126 Å². The quantitative estimate of drug-likeness (QED) is 0.0652. The zero-order valence-electron chi connectivity index (χ0n) is 33.3. The predicted octanol–water partition coefficient (Wildman–Crippen LogP) is 9.21. The van der Waals surface area contributed by atoms with Gasteiger partial charge in [-0.3, -0.25) is 19.3 Å². The van der Waals surface area contributed by atoms with Crippen LogP contribution in [0, 0.1) is 5.92 Å². The number of amides is 1. The van der Waals surface area contributed by atoms with Crippen molar-refractivity contribution < 1.29 is 23.9 Å². The number of carbonyl (C=O) groups is 3. The summed E-state index contributed by atoms with van der Waals surface area (Å²) in [4.78, 5) is 43.8. The number of ketones is 1. The second-order valence-electron chi connectivity index (χ2n) is 16.9. The van der Waals surface area contributed by atoms with Crippen molar-refractivity contribution in [2.24, 2.45) is 5.92 Å². The third-order valence-corrected chi connectivity index (χ3v) is 13.2. The van der Waals surface area contributed by atoms with Crippen LogP contribution in [-0.2, 0) is 39.1 Å². The van der Waals surface area contributed by atoms with Gasteiger partial charge >= 0.3 is 5.97 Å². The van der Waals surface area contributed by atoms with Crippen LogP contribution in [0.4, 0.5) is 0 Å². The van der Waals surface area contributed by atoms with Gasteiger partial charge in [0.05, 0.1) is 12.6 Å². The minimum Gasteiger partial charge on any atom is -0.483 e. The summed E-state index contributed by atoms with van der Waals surface area (Å²) in [6.07, 6.45) is 17.6. The number of aryl methyl sites for hydroxylation is 2. The molecular formula is C48H62N2O5. The molecule has 1 amide bonds. The summed E-state index contributed by atoms with van der Waals surface area (Å²) in [7, 11) is 0. The molecule has 0 aromatic heterocycles. The van der Waals surface area contributed by atoms with E-state index in [1.165, 1.54) is 74.1 Å². The lowest BCUT2D eigenvalue weighted by Crippen LogP contribution is -2.69. The Balaban J connectivity index is 1.03. The first-order valence-corrected chi connectivity index (χ1v) is 21.5. The van der Waals surface area contributed by atoms with Gasteiger partial charge in [0.2, 0.25) is 5.91 Å². The highest BCUT2D eigenvalue weighted by molar-refractivity contribution is 5.78. The molecule has 294 valence electrons. The topological polar surface area (TPSA) is 76.2 Å². The second-order valence-corrected chi connectivity index (χ2v) is 16.9. The predicted molar refractivity (Wildman–Crippen MR) is 218 cm³/mol. The minimum absolute atomic E-state index is 0.0557. The van der Waals surface area contributed by atoms with E-state index in [2.05, 4.69) is 76.5 Å². The van der Waals surface area contributed by atoms with E-state index in [0.29, 0.717) is 30.4 Å². The highest BCUT2D eigenvalue weighted by Crippen LogP contribution is 2.64. The zero-order valence-corrected chi connectivity index (χ0v) is 33.3. The minimum atomic E-state index is -0.358. The Morgan fingerprint density at radius 2 is 1.42 bits per heavy atom. The summed E-state index contributed by atoms with van der Waals surface area (Å²) in [6, 6.07) is 25.6. The first-order chi connectivity index (χ1) is 26.8. The second kappa shape index (κ2) is 18.3. The Bertz CT molecular complexity index is 1760. The summed E-state index contributed by atoms with van der Waals surface area (Å²) in [5.74, 6) is 1.62. The van der Waals surface area contributed by atoms with Crippen LogP contribution in [0.15, 0.2) is 72.8 Å². The molecule has 2 aliphatic heterocycles. The van der Waals surface area contributed by atoms with Gasteiger partial charge in [0, 0.05) is 36.9 Å². The van der Waals surface area contributed by atoms with Crippen molar-refractivity contribution in [1.82, 2.24) is 9.80 Å². The number of piperidine rings is 1. The molecule has 55 heavy (non-hydrogen) atoms. The molecule has 0 N–H and O–H groups in total. The lowest BCUT2D eigenvalue weighted by molar-refractivity contribution is -0.143. The van der Waals surface area contributed by atoms with Crippen molar-refractivity contribution in [2.45, 2.75) is 147 Å². The fourth-order valence-electron chi connectivity index (χ4n) is 10.8. The number of ether oxygens (including phenoxy) is 2. The van der Waals surface area contributed by atoms with Gasteiger partial charge in [0.25, 0.3) is 0 Å². The van der Waals surface area contributed by atoms with E-state index in [1.807, 2.05) is 6.07 Å². The Kier molecular flexibility index (Phi) is 13.1. The van der Waals surface area contributed by atoms with Crippen LogP contribution in [0.2, 0.25) is 0 Å². The monoisotopic (exact) mass is 746 g/mol. The number of unbranched alkanes of at least 4 members (excludes halogenated alkanes) is 8. The van der Waals surface area contributed by atoms with E-state index < -0.39 is 0 Å². The Morgan fingerprint density at radius 1 is 0.782 bits per heavy atom. The smallest absolute Gasteiger partial charge is 0.308 e. The number of hydrogen-bond donors (Lipinski definition) is 0. The number of benzene rings is 3. The Hall–Kier alpha value is -3.97. The zero-order chi connectivity index (χ0) is 38.2. The van der Waals surface area contributed by atoms with Crippen LogP contribution in [0.25, 0.3) is 0 Å². The molecule has 4 aliphatic rings. The maximum absolute atomic E-state index is 14.5. The van der Waals surface area contributed by atoms with Gasteiger partial charge in [-0.25, -0.2) is 0 Å². The normalized spacial score (nSPS) is 23.5. The van der Waals surface area contributed by atoms with Crippen LogP contribution in [-0.4, -0.2) is 65.3 Å².